The highest BCUT2D eigenvalue weighted by molar-refractivity contribution is 7.99. The van der Waals surface area contributed by atoms with Crippen molar-refractivity contribution >= 4 is 11.8 Å². The maximum absolute atomic E-state index is 9.27. The van der Waals surface area contributed by atoms with E-state index in [0.29, 0.717) is 17.2 Å². The largest absolute Gasteiger partial charge is 0.494 e. The third-order valence-corrected chi connectivity index (χ3v) is 4.58. The fourth-order valence-electron chi connectivity index (χ4n) is 2.25. The Morgan fingerprint density at radius 2 is 1.78 bits per heavy atom. The molecule has 0 N–H and O–H groups in total. The van der Waals surface area contributed by atoms with E-state index in [1.165, 1.54) is 11.1 Å². The van der Waals surface area contributed by atoms with Crippen LogP contribution < -0.4 is 4.74 Å². The van der Waals surface area contributed by atoms with Crippen molar-refractivity contribution in [2.75, 3.05) is 12.4 Å². The first kappa shape index (κ1) is 17.3. The zero-order valence-corrected chi connectivity index (χ0v) is 14.8. The summed E-state index contributed by atoms with van der Waals surface area (Å²) in [5, 5.41) is 18.2. The quantitative estimate of drug-likeness (QED) is 0.589. The number of nitriles is 1. The van der Waals surface area contributed by atoms with Gasteiger partial charge in [0.1, 0.15) is 16.8 Å². The summed E-state index contributed by atoms with van der Waals surface area (Å²) >= 11 is 1.56. The Bertz CT molecular complexity index is 718. The second-order valence-electron chi connectivity index (χ2n) is 5.58. The predicted octanol–water partition coefficient (Wildman–Crippen LogP) is 4.14. The van der Waals surface area contributed by atoms with Crippen molar-refractivity contribution in [2.45, 2.75) is 39.1 Å². The first-order valence-corrected chi connectivity index (χ1v) is 8.57. The van der Waals surface area contributed by atoms with Gasteiger partial charge in [0, 0.05) is 5.75 Å². The van der Waals surface area contributed by atoms with Crippen molar-refractivity contribution in [1.82, 2.24) is 10.2 Å². The molecule has 0 aliphatic carbocycles. The van der Waals surface area contributed by atoms with Gasteiger partial charge in [0.25, 0.3) is 0 Å². The van der Waals surface area contributed by atoms with E-state index in [9.17, 15) is 5.26 Å². The molecule has 0 atom stereocenters. The van der Waals surface area contributed by atoms with Crippen molar-refractivity contribution in [3.05, 3.63) is 46.1 Å². The Morgan fingerprint density at radius 1 is 1.09 bits per heavy atom. The number of aromatic nitrogens is 2. The van der Waals surface area contributed by atoms with Crippen molar-refractivity contribution in [2.24, 2.45) is 0 Å². The summed E-state index contributed by atoms with van der Waals surface area (Å²) in [7, 11) is 0. The maximum atomic E-state index is 9.27. The molecular weight excluding hydrogens is 306 g/mol. The highest BCUT2D eigenvalue weighted by Gasteiger charge is 2.11. The van der Waals surface area contributed by atoms with E-state index in [-0.39, 0.29) is 0 Å². The fraction of sp³-hybridized carbons (Fsp3) is 0.389. The van der Waals surface area contributed by atoms with Gasteiger partial charge in [-0.15, -0.1) is 16.9 Å². The number of hydrogen-bond donors (Lipinski definition) is 0. The van der Waals surface area contributed by atoms with E-state index < -0.39 is 0 Å². The van der Waals surface area contributed by atoms with Gasteiger partial charge in [-0.2, -0.15) is 10.4 Å². The molecule has 0 saturated heterocycles. The molecule has 1 aromatic heterocycles. The first-order chi connectivity index (χ1) is 11.0. The summed E-state index contributed by atoms with van der Waals surface area (Å²) in [4.78, 5) is 0. The number of ether oxygens (including phenoxy) is 1. The molecule has 0 bridgehead atoms. The van der Waals surface area contributed by atoms with Crippen LogP contribution in [0.1, 0.15) is 34.4 Å². The van der Waals surface area contributed by atoms with Gasteiger partial charge in [0.15, 0.2) is 0 Å². The molecule has 120 valence electrons. The number of hydrogen-bond acceptors (Lipinski definition) is 5. The summed E-state index contributed by atoms with van der Waals surface area (Å²) in [5.74, 6) is 1.76. The average Bonchev–Trinajstić information content (AvgIpc) is 2.49. The Labute approximate surface area is 141 Å². The monoisotopic (exact) mass is 327 g/mol. The smallest absolute Gasteiger partial charge is 0.137 e. The van der Waals surface area contributed by atoms with Crippen LogP contribution in [0.2, 0.25) is 0 Å². The molecule has 0 aliphatic rings. The van der Waals surface area contributed by atoms with Crippen LogP contribution in [0.4, 0.5) is 0 Å². The summed E-state index contributed by atoms with van der Waals surface area (Å²) in [6, 6.07) is 8.45. The van der Waals surface area contributed by atoms with Crippen LogP contribution in [0.15, 0.2) is 23.2 Å². The Balaban J connectivity index is 1.84. The van der Waals surface area contributed by atoms with Gasteiger partial charge in [0.05, 0.1) is 17.9 Å². The molecule has 0 radical (unpaired) electrons. The Kier molecular flexibility index (Phi) is 6.00. The van der Waals surface area contributed by atoms with Crippen LogP contribution in [-0.2, 0) is 0 Å². The second kappa shape index (κ2) is 7.98. The van der Waals surface area contributed by atoms with E-state index in [2.05, 4.69) is 36.2 Å². The third-order valence-electron chi connectivity index (χ3n) is 3.53. The van der Waals surface area contributed by atoms with Crippen molar-refractivity contribution in [3.8, 4) is 11.8 Å². The predicted molar refractivity (Wildman–Crippen MR) is 93.0 cm³/mol. The molecule has 5 heteroatoms. The maximum Gasteiger partial charge on any atom is 0.137 e. The van der Waals surface area contributed by atoms with Crippen molar-refractivity contribution in [1.29, 1.82) is 5.26 Å². The van der Waals surface area contributed by atoms with Crippen LogP contribution >= 0.6 is 11.8 Å². The molecule has 1 aromatic carbocycles. The van der Waals surface area contributed by atoms with Crippen molar-refractivity contribution < 1.29 is 4.74 Å². The van der Waals surface area contributed by atoms with Gasteiger partial charge in [-0.05, 0) is 62.9 Å². The second-order valence-corrected chi connectivity index (χ2v) is 6.66. The molecule has 0 amide bonds. The topological polar surface area (TPSA) is 58.8 Å². The molecule has 0 unspecified atom stereocenters. The molecule has 0 saturated carbocycles. The van der Waals surface area contributed by atoms with E-state index in [1.807, 2.05) is 26.0 Å². The van der Waals surface area contributed by atoms with Crippen LogP contribution in [0.25, 0.3) is 0 Å². The lowest BCUT2D eigenvalue weighted by Crippen LogP contribution is -2.02. The van der Waals surface area contributed by atoms with E-state index in [0.717, 1.165) is 29.2 Å². The van der Waals surface area contributed by atoms with Gasteiger partial charge in [-0.1, -0.05) is 6.07 Å². The molecule has 0 aliphatic heterocycles. The molecule has 0 spiro atoms. The van der Waals surface area contributed by atoms with Crippen LogP contribution in [0.3, 0.4) is 0 Å². The summed E-state index contributed by atoms with van der Waals surface area (Å²) in [6.07, 6.45) is 0.886. The molecular formula is C18H21N3OS. The lowest BCUT2D eigenvalue weighted by Gasteiger charge is -2.09. The van der Waals surface area contributed by atoms with Gasteiger partial charge < -0.3 is 4.74 Å². The normalized spacial score (nSPS) is 10.4. The molecule has 1 heterocycles. The van der Waals surface area contributed by atoms with E-state index >= 15 is 0 Å². The minimum atomic E-state index is 0.637. The molecule has 23 heavy (non-hydrogen) atoms. The molecule has 2 rings (SSSR count). The molecule has 4 nitrogen and oxygen atoms in total. The minimum absolute atomic E-state index is 0.637. The number of rotatable bonds is 6. The van der Waals surface area contributed by atoms with E-state index in [1.54, 1.807) is 11.8 Å². The van der Waals surface area contributed by atoms with Crippen LogP contribution in [-0.4, -0.2) is 22.6 Å². The first-order valence-electron chi connectivity index (χ1n) is 7.59. The minimum Gasteiger partial charge on any atom is -0.494 e. The van der Waals surface area contributed by atoms with Crippen molar-refractivity contribution in [3.63, 3.8) is 0 Å². The average molecular weight is 327 g/mol. The summed E-state index contributed by atoms with van der Waals surface area (Å²) in [5.41, 5.74) is 4.77. The van der Waals surface area contributed by atoms with Gasteiger partial charge in [-0.25, -0.2) is 0 Å². The summed E-state index contributed by atoms with van der Waals surface area (Å²) < 4.78 is 5.79. The highest BCUT2D eigenvalue weighted by atomic mass is 32.2. The Morgan fingerprint density at radius 3 is 2.43 bits per heavy atom. The summed E-state index contributed by atoms with van der Waals surface area (Å²) in [6.45, 7) is 8.57. The standard InChI is InChI=1S/C18H21N3OS/c1-12-8-13(2)10-16(9-12)22-6-5-7-23-18-17(11-19)14(3)15(4)20-21-18/h8-10H,5-7H2,1-4H3. The van der Waals surface area contributed by atoms with Crippen LogP contribution in [0.5, 0.6) is 5.75 Å². The number of nitrogens with zero attached hydrogens (tertiary/aromatic N) is 3. The van der Waals surface area contributed by atoms with Gasteiger partial charge in [0.2, 0.25) is 0 Å². The zero-order chi connectivity index (χ0) is 16.8. The molecule has 0 fully saturated rings. The number of aryl methyl sites for hydroxylation is 3. The Hall–Kier alpha value is -2.06. The number of benzene rings is 1. The molecule has 2 aromatic rings. The van der Waals surface area contributed by atoms with Gasteiger partial charge in [-0.3, -0.25) is 0 Å². The van der Waals surface area contributed by atoms with Gasteiger partial charge >= 0.3 is 0 Å². The SMILES string of the molecule is Cc1cc(C)cc(OCCCSc2nnc(C)c(C)c2C#N)c1. The van der Waals surface area contributed by atoms with E-state index in [4.69, 9.17) is 4.74 Å². The third kappa shape index (κ3) is 4.70. The zero-order valence-electron chi connectivity index (χ0n) is 14.0. The van der Waals surface area contributed by atoms with Crippen LogP contribution in [0, 0.1) is 39.0 Å². The highest BCUT2D eigenvalue weighted by Crippen LogP contribution is 2.23. The fourth-order valence-corrected chi connectivity index (χ4v) is 3.15. The lowest BCUT2D eigenvalue weighted by molar-refractivity contribution is 0.318. The lowest BCUT2D eigenvalue weighted by atomic mass is 10.1. The number of thioether (sulfide) groups is 1.